The quantitative estimate of drug-likeness (QED) is 0.211. The van der Waals surface area contributed by atoms with Crippen molar-refractivity contribution in [1.29, 1.82) is 0 Å². The molecule has 0 aliphatic carbocycles. The van der Waals surface area contributed by atoms with Crippen LogP contribution < -0.4 is 0 Å². The summed E-state index contributed by atoms with van der Waals surface area (Å²) in [4.78, 5) is 0. The fraction of sp³-hybridized carbons (Fsp3) is 0.200. The van der Waals surface area contributed by atoms with Gasteiger partial charge in [-0.15, -0.1) is 6.58 Å². The first-order valence-electron chi connectivity index (χ1n) is 11.5. The average Bonchev–Trinajstić information content (AvgIpc) is 2.83. The second-order valence-corrected chi connectivity index (χ2v) is 9.00. The van der Waals surface area contributed by atoms with Crippen molar-refractivity contribution in [2.45, 2.75) is 38.5 Å². The van der Waals surface area contributed by atoms with Crippen molar-refractivity contribution < 1.29 is 13.2 Å². The van der Waals surface area contributed by atoms with Crippen LogP contribution in [0.25, 0.3) is 10.8 Å². The normalized spacial score (nSPS) is 11.2. The van der Waals surface area contributed by atoms with Crippen LogP contribution in [0.5, 0.6) is 0 Å². The van der Waals surface area contributed by atoms with E-state index in [1.165, 1.54) is 12.1 Å². The predicted octanol–water partition coefficient (Wildman–Crippen LogP) is 8.60. The number of rotatable bonds is 9. The molecule has 0 aliphatic rings. The van der Waals surface area contributed by atoms with Gasteiger partial charge in [-0.3, -0.25) is 0 Å². The molecule has 0 unspecified atom stereocenters. The minimum absolute atomic E-state index is 0.0831. The SMILES string of the molecule is C=CCCc1ccc(CCc2ccc3c(F)c(CCc4ccc(Cl)c(F)c4)ccc3c2)c(F)c1. The Labute approximate surface area is 203 Å². The van der Waals surface area contributed by atoms with E-state index in [0.717, 1.165) is 34.9 Å². The Bertz CT molecular complexity index is 1330. The van der Waals surface area contributed by atoms with Gasteiger partial charge < -0.3 is 0 Å². The maximum Gasteiger partial charge on any atom is 0.142 e. The molecule has 0 spiro atoms. The first-order chi connectivity index (χ1) is 16.4. The number of aryl methyl sites for hydroxylation is 5. The maximum atomic E-state index is 15.1. The first-order valence-corrected chi connectivity index (χ1v) is 11.8. The molecule has 0 atom stereocenters. The zero-order valence-electron chi connectivity index (χ0n) is 18.9. The summed E-state index contributed by atoms with van der Waals surface area (Å²) in [5, 5.41) is 1.46. The molecule has 4 aromatic rings. The molecule has 4 heteroatoms. The smallest absolute Gasteiger partial charge is 0.142 e. The van der Waals surface area contributed by atoms with Gasteiger partial charge in [0.15, 0.2) is 0 Å². The van der Waals surface area contributed by atoms with Crippen molar-refractivity contribution in [2.24, 2.45) is 0 Å². The zero-order chi connectivity index (χ0) is 24.1. The minimum Gasteiger partial charge on any atom is -0.207 e. The fourth-order valence-corrected chi connectivity index (χ4v) is 4.32. The third-order valence-electron chi connectivity index (χ3n) is 6.20. The lowest BCUT2D eigenvalue weighted by atomic mass is 9.97. The Morgan fingerprint density at radius 2 is 1.26 bits per heavy atom. The molecular formula is C30H26ClF3. The molecule has 0 amide bonds. The van der Waals surface area contributed by atoms with Gasteiger partial charge in [-0.1, -0.05) is 66.2 Å². The average molecular weight is 479 g/mol. The maximum absolute atomic E-state index is 15.1. The summed E-state index contributed by atoms with van der Waals surface area (Å²) in [5.41, 5.74) is 4.06. The Balaban J connectivity index is 1.44. The molecule has 0 aromatic heterocycles. The highest BCUT2D eigenvalue weighted by Gasteiger charge is 2.10. The minimum atomic E-state index is -0.464. The summed E-state index contributed by atoms with van der Waals surface area (Å²) >= 11 is 5.73. The molecule has 0 nitrogen and oxygen atoms in total. The van der Waals surface area contributed by atoms with E-state index in [2.05, 4.69) is 6.58 Å². The zero-order valence-corrected chi connectivity index (χ0v) is 19.6. The molecule has 0 saturated carbocycles. The third kappa shape index (κ3) is 5.71. The van der Waals surface area contributed by atoms with E-state index in [0.29, 0.717) is 42.2 Å². The van der Waals surface area contributed by atoms with Crippen molar-refractivity contribution in [3.05, 3.63) is 130 Å². The molecule has 0 bridgehead atoms. The van der Waals surface area contributed by atoms with Gasteiger partial charge >= 0.3 is 0 Å². The van der Waals surface area contributed by atoms with Gasteiger partial charge in [0.2, 0.25) is 0 Å². The summed E-state index contributed by atoms with van der Waals surface area (Å²) in [5.74, 6) is -0.896. The van der Waals surface area contributed by atoms with Gasteiger partial charge in [0.1, 0.15) is 17.5 Å². The van der Waals surface area contributed by atoms with Gasteiger partial charge in [0.25, 0.3) is 0 Å². The van der Waals surface area contributed by atoms with E-state index >= 15 is 4.39 Å². The molecule has 0 saturated heterocycles. The molecule has 0 radical (unpaired) electrons. The van der Waals surface area contributed by atoms with Crippen molar-refractivity contribution in [1.82, 2.24) is 0 Å². The fourth-order valence-electron chi connectivity index (χ4n) is 4.21. The highest BCUT2D eigenvalue weighted by Crippen LogP contribution is 2.25. The van der Waals surface area contributed by atoms with Crippen LogP contribution in [0.3, 0.4) is 0 Å². The molecule has 4 rings (SSSR count). The van der Waals surface area contributed by atoms with Crippen molar-refractivity contribution >= 4 is 22.4 Å². The van der Waals surface area contributed by atoms with E-state index in [1.807, 2.05) is 36.4 Å². The van der Waals surface area contributed by atoms with Crippen LogP contribution in [0, 0.1) is 17.5 Å². The topological polar surface area (TPSA) is 0 Å². The summed E-state index contributed by atoms with van der Waals surface area (Å²) < 4.78 is 43.2. The number of benzene rings is 4. The summed E-state index contributed by atoms with van der Waals surface area (Å²) in [7, 11) is 0. The van der Waals surface area contributed by atoms with Crippen LogP contribution in [0.1, 0.15) is 34.2 Å². The predicted molar refractivity (Wildman–Crippen MR) is 135 cm³/mol. The summed E-state index contributed by atoms with van der Waals surface area (Å²) in [6.07, 6.45) is 5.68. The van der Waals surface area contributed by atoms with Gasteiger partial charge in [0, 0.05) is 5.39 Å². The number of hydrogen-bond donors (Lipinski definition) is 0. The monoisotopic (exact) mass is 478 g/mol. The molecule has 0 fully saturated rings. The number of allylic oxidation sites excluding steroid dienone is 1. The standard InChI is InChI=1S/C30H26ClF3/c1-2-3-4-20-5-10-23(28(32)18-20)11-6-21-8-15-26-25(17-21)14-13-24(30(26)34)12-7-22-9-16-27(31)29(33)19-22/h2,5,8-10,13-19H,1,3-4,6-7,11-12H2. The summed E-state index contributed by atoms with van der Waals surface area (Å²) in [6.45, 7) is 3.70. The molecule has 174 valence electrons. The summed E-state index contributed by atoms with van der Waals surface area (Å²) in [6, 6.07) is 19.5. The Hall–Kier alpha value is -3.04. The van der Waals surface area contributed by atoms with E-state index in [-0.39, 0.29) is 16.7 Å². The van der Waals surface area contributed by atoms with E-state index in [1.54, 1.807) is 24.3 Å². The Kier molecular flexibility index (Phi) is 7.74. The van der Waals surface area contributed by atoms with Gasteiger partial charge in [0.05, 0.1) is 5.02 Å². The van der Waals surface area contributed by atoms with Crippen molar-refractivity contribution in [3.8, 4) is 0 Å². The molecule has 0 N–H and O–H groups in total. The highest BCUT2D eigenvalue weighted by molar-refractivity contribution is 6.30. The van der Waals surface area contributed by atoms with Crippen molar-refractivity contribution in [3.63, 3.8) is 0 Å². The highest BCUT2D eigenvalue weighted by atomic mass is 35.5. The lowest BCUT2D eigenvalue weighted by molar-refractivity contribution is 0.606. The number of fused-ring (bicyclic) bond motifs is 1. The van der Waals surface area contributed by atoms with Crippen molar-refractivity contribution in [2.75, 3.05) is 0 Å². The van der Waals surface area contributed by atoms with E-state index in [9.17, 15) is 8.78 Å². The van der Waals surface area contributed by atoms with Crippen LogP contribution >= 0.6 is 11.6 Å². The van der Waals surface area contributed by atoms with Gasteiger partial charge in [-0.05, 0) is 89.9 Å². The Morgan fingerprint density at radius 1 is 0.647 bits per heavy atom. The van der Waals surface area contributed by atoms with Crippen LogP contribution in [-0.4, -0.2) is 0 Å². The number of hydrogen-bond acceptors (Lipinski definition) is 0. The largest absolute Gasteiger partial charge is 0.207 e. The Morgan fingerprint density at radius 3 is 2.00 bits per heavy atom. The molecule has 0 aliphatic heterocycles. The second-order valence-electron chi connectivity index (χ2n) is 8.60. The third-order valence-corrected chi connectivity index (χ3v) is 6.51. The van der Waals surface area contributed by atoms with Gasteiger partial charge in [-0.25, -0.2) is 13.2 Å². The molecule has 4 aromatic carbocycles. The lowest BCUT2D eigenvalue weighted by Gasteiger charge is -2.10. The van der Waals surface area contributed by atoms with Crippen LogP contribution in [0.15, 0.2) is 79.4 Å². The van der Waals surface area contributed by atoms with Gasteiger partial charge in [-0.2, -0.15) is 0 Å². The van der Waals surface area contributed by atoms with E-state index in [4.69, 9.17) is 11.6 Å². The van der Waals surface area contributed by atoms with Crippen LogP contribution in [-0.2, 0) is 32.1 Å². The second kappa shape index (κ2) is 10.9. The van der Waals surface area contributed by atoms with Crippen LogP contribution in [0.4, 0.5) is 13.2 Å². The molecular weight excluding hydrogens is 453 g/mol. The first kappa shape index (κ1) is 24.1. The lowest BCUT2D eigenvalue weighted by Crippen LogP contribution is -1.98. The molecule has 34 heavy (non-hydrogen) atoms. The van der Waals surface area contributed by atoms with Crippen LogP contribution in [0.2, 0.25) is 5.02 Å². The van der Waals surface area contributed by atoms with E-state index < -0.39 is 5.82 Å². The molecule has 0 heterocycles. The number of halogens is 4.